The summed E-state index contributed by atoms with van der Waals surface area (Å²) in [6.45, 7) is 3.34. The molecule has 3 aliphatic heterocycles. The smallest absolute Gasteiger partial charge is 0.234 e. The molecule has 0 unspecified atom stereocenters. The van der Waals surface area contributed by atoms with Gasteiger partial charge in [-0.25, -0.2) is 4.39 Å². The number of fused-ring (bicyclic) bond motifs is 4. The predicted octanol–water partition coefficient (Wildman–Crippen LogP) is 1.77. The summed E-state index contributed by atoms with van der Waals surface area (Å²) in [5, 5.41) is 2.89. The summed E-state index contributed by atoms with van der Waals surface area (Å²) in [7, 11) is 0. The number of halogens is 1. The second kappa shape index (κ2) is 7.35. The molecule has 5 nitrogen and oxygen atoms in total. The van der Waals surface area contributed by atoms with Crippen molar-refractivity contribution in [1.29, 1.82) is 0 Å². The van der Waals surface area contributed by atoms with E-state index >= 15 is 0 Å². The number of hydrogen-bond acceptors (Lipinski definition) is 3. The average Bonchev–Trinajstić information content (AvgIpc) is 2.61. The van der Waals surface area contributed by atoms with Crippen molar-refractivity contribution in [2.24, 2.45) is 11.8 Å². The molecule has 0 spiro atoms. The predicted molar refractivity (Wildman–Crippen MR) is 95.6 cm³/mol. The molecule has 6 heteroatoms. The van der Waals surface area contributed by atoms with Gasteiger partial charge in [-0.3, -0.25) is 14.5 Å². The molecule has 0 saturated carbocycles. The van der Waals surface area contributed by atoms with Crippen LogP contribution in [0.15, 0.2) is 24.3 Å². The van der Waals surface area contributed by atoms with Gasteiger partial charge < -0.3 is 10.2 Å². The molecular weight excluding hydrogens is 333 g/mol. The number of rotatable bonds is 4. The van der Waals surface area contributed by atoms with Gasteiger partial charge in [-0.05, 0) is 48.8 Å². The average molecular weight is 359 g/mol. The molecule has 4 rings (SSSR count). The molecule has 3 heterocycles. The molecule has 1 aromatic carbocycles. The molecule has 3 fully saturated rings. The molecule has 26 heavy (non-hydrogen) atoms. The van der Waals surface area contributed by atoms with Crippen molar-refractivity contribution in [2.45, 2.75) is 38.3 Å². The molecule has 1 aromatic rings. The van der Waals surface area contributed by atoms with Crippen molar-refractivity contribution >= 4 is 11.8 Å². The van der Waals surface area contributed by atoms with E-state index in [-0.39, 0.29) is 11.7 Å². The summed E-state index contributed by atoms with van der Waals surface area (Å²) in [6, 6.07) is 6.67. The number of hydrogen-bond donors (Lipinski definition) is 1. The molecule has 3 atom stereocenters. The molecule has 0 radical (unpaired) electrons. The van der Waals surface area contributed by atoms with Gasteiger partial charge in [0, 0.05) is 38.6 Å². The Bertz CT molecular complexity index is 695. The maximum atomic E-state index is 13.2. The first-order chi connectivity index (χ1) is 12.6. The zero-order chi connectivity index (χ0) is 18.1. The van der Waals surface area contributed by atoms with Crippen LogP contribution in [0.1, 0.15) is 31.2 Å². The van der Waals surface area contributed by atoms with Gasteiger partial charge in [-0.2, -0.15) is 0 Å². The van der Waals surface area contributed by atoms with Crippen molar-refractivity contribution < 1.29 is 14.0 Å². The molecule has 1 N–H and O–H groups in total. The van der Waals surface area contributed by atoms with Crippen LogP contribution in [0.5, 0.6) is 0 Å². The molecule has 0 aromatic heterocycles. The Morgan fingerprint density at radius 2 is 2.15 bits per heavy atom. The summed E-state index contributed by atoms with van der Waals surface area (Å²) >= 11 is 0. The van der Waals surface area contributed by atoms with Crippen molar-refractivity contribution in [3.05, 3.63) is 35.6 Å². The van der Waals surface area contributed by atoms with Crippen LogP contribution in [0.4, 0.5) is 4.39 Å². The van der Waals surface area contributed by atoms with E-state index in [1.54, 1.807) is 6.07 Å². The number of piperidine rings is 3. The second-order valence-electron chi connectivity index (χ2n) is 7.97. The topological polar surface area (TPSA) is 52.7 Å². The molecular formula is C20H26FN3O2. The zero-order valence-electron chi connectivity index (χ0n) is 15.0. The van der Waals surface area contributed by atoms with E-state index in [4.69, 9.17) is 0 Å². The Morgan fingerprint density at radius 3 is 3.00 bits per heavy atom. The Balaban J connectivity index is 1.31. The molecule has 3 saturated heterocycles. The van der Waals surface area contributed by atoms with E-state index in [0.29, 0.717) is 43.3 Å². The monoisotopic (exact) mass is 359 g/mol. The van der Waals surface area contributed by atoms with Crippen LogP contribution in [-0.2, 0) is 16.1 Å². The highest BCUT2D eigenvalue weighted by atomic mass is 19.1. The Labute approximate surface area is 153 Å². The third-order valence-electron chi connectivity index (χ3n) is 6.00. The zero-order valence-corrected chi connectivity index (χ0v) is 15.0. The highest BCUT2D eigenvalue weighted by Crippen LogP contribution is 2.37. The minimum absolute atomic E-state index is 0.0224. The molecule has 3 aliphatic rings. The summed E-state index contributed by atoms with van der Waals surface area (Å²) in [6.07, 6.45) is 3.97. The van der Waals surface area contributed by atoms with Crippen molar-refractivity contribution in [1.82, 2.24) is 15.1 Å². The van der Waals surface area contributed by atoms with Crippen LogP contribution in [0.3, 0.4) is 0 Å². The first-order valence-electron chi connectivity index (χ1n) is 9.61. The molecule has 2 amide bonds. The Morgan fingerprint density at radius 1 is 1.27 bits per heavy atom. The van der Waals surface area contributed by atoms with E-state index in [0.717, 1.165) is 38.0 Å². The number of carbonyl (C=O) groups is 2. The van der Waals surface area contributed by atoms with Gasteiger partial charge in [0.2, 0.25) is 11.8 Å². The van der Waals surface area contributed by atoms with Crippen LogP contribution in [0.25, 0.3) is 0 Å². The highest BCUT2D eigenvalue weighted by molar-refractivity contribution is 5.78. The minimum atomic E-state index is -0.285. The van der Waals surface area contributed by atoms with Crippen LogP contribution < -0.4 is 5.32 Å². The van der Waals surface area contributed by atoms with Gasteiger partial charge in [0.15, 0.2) is 0 Å². The lowest BCUT2D eigenvalue weighted by atomic mass is 9.76. The van der Waals surface area contributed by atoms with Gasteiger partial charge in [-0.15, -0.1) is 0 Å². The van der Waals surface area contributed by atoms with E-state index < -0.39 is 0 Å². The number of nitrogens with zero attached hydrogens (tertiary/aromatic N) is 2. The van der Waals surface area contributed by atoms with E-state index in [1.807, 2.05) is 6.07 Å². The largest absolute Gasteiger partial charge is 0.351 e. The van der Waals surface area contributed by atoms with Gasteiger partial charge in [0.05, 0.1) is 6.54 Å². The third kappa shape index (κ3) is 3.75. The fourth-order valence-electron chi connectivity index (χ4n) is 4.95. The van der Waals surface area contributed by atoms with Crippen LogP contribution in [0, 0.1) is 17.7 Å². The fraction of sp³-hybridized carbons (Fsp3) is 0.600. The maximum absolute atomic E-state index is 13.2. The van der Waals surface area contributed by atoms with Crippen LogP contribution in [-0.4, -0.2) is 53.8 Å². The first kappa shape index (κ1) is 17.5. The van der Waals surface area contributed by atoms with Crippen molar-refractivity contribution in [3.63, 3.8) is 0 Å². The van der Waals surface area contributed by atoms with E-state index in [1.165, 1.54) is 18.6 Å². The summed E-state index contributed by atoms with van der Waals surface area (Å²) < 4.78 is 13.2. The minimum Gasteiger partial charge on any atom is -0.351 e. The summed E-state index contributed by atoms with van der Waals surface area (Å²) in [5.74, 6) is 0.973. The summed E-state index contributed by atoms with van der Waals surface area (Å²) in [5.41, 5.74) is 0.769. The third-order valence-corrected chi connectivity index (χ3v) is 6.00. The molecule has 2 bridgehead atoms. The Kier molecular flexibility index (Phi) is 4.94. The number of amides is 2. The lowest BCUT2D eigenvalue weighted by molar-refractivity contribution is -0.145. The van der Waals surface area contributed by atoms with Gasteiger partial charge in [0.25, 0.3) is 0 Å². The standard InChI is InChI=1S/C20H26FN3O2/c21-17-4-1-3-14(8-17)9-22-19(25)13-23-10-15-7-16(12-23)18-5-2-6-20(26)24(18)11-15/h1,3-4,8,15-16,18H,2,5-7,9-13H2,(H,22,25)/t15-,16-,18-/m1/s1. The van der Waals surface area contributed by atoms with Crippen molar-refractivity contribution in [3.8, 4) is 0 Å². The second-order valence-corrected chi connectivity index (χ2v) is 7.97. The number of likely N-dealkylation sites (tertiary alicyclic amines) is 1. The van der Waals surface area contributed by atoms with Crippen LogP contribution in [0.2, 0.25) is 0 Å². The van der Waals surface area contributed by atoms with Gasteiger partial charge in [0.1, 0.15) is 5.82 Å². The first-order valence-corrected chi connectivity index (χ1v) is 9.61. The molecule has 0 aliphatic carbocycles. The van der Waals surface area contributed by atoms with Gasteiger partial charge in [-0.1, -0.05) is 12.1 Å². The lowest BCUT2D eigenvalue weighted by Gasteiger charge is -2.52. The number of nitrogens with one attached hydrogen (secondary N) is 1. The quantitative estimate of drug-likeness (QED) is 0.892. The van der Waals surface area contributed by atoms with Gasteiger partial charge >= 0.3 is 0 Å². The van der Waals surface area contributed by atoms with Crippen molar-refractivity contribution in [2.75, 3.05) is 26.2 Å². The maximum Gasteiger partial charge on any atom is 0.234 e. The van der Waals surface area contributed by atoms with Crippen LogP contribution >= 0.6 is 0 Å². The normalized spacial score (nSPS) is 28.6. The lowest BCUT2D eigenvalue weighted by Crippen LogP contribution is -2.61. The summed E-state index contributed by atoms with van der Waals surface area (Å²) in [4.78, 5) is 28.8. The molecule has 140 valence electrons. The number of carbonyl (C=O) groups excluding carboxylic acids is 2. The highest BCUT2D eigenvalue weighted by Gasteiger charge is 2.43. The Hall–Kier alpha value is -1.95. The van der Waals surface area contributed by atoms with E-state index in [9.17, 15) is 14.0 Å². The van der Waals surface area contributed by atoms with E-state index in [2.05, 4.69) is 15.1 Å². The number of benzene rings is 1. The SMILES string of the molecule is O=C(CN1C[C@H]2C[C@H](C1)[C@H]1CCCC(=O)N1C2)NCc1cccc(F)c1. The fourth-order valence-corrected chi connectivity index (χ4v) is 4.95.